The highest BCUT2D eigenvalue weighted by atomic mass is 35.5. The molecule has 0 radical (unpaired) electrons. The second kappa shape index (κ2) is 8.62. The molecule has 6 nitrogen and oxygen atoms in total. The molecular weight excluding hydrogens is 350 g/mol. The molecule has 0 saturated carbocycles. The van der Waals surface area contributed by atoms with E-state index in [0.717, 1.165) is 19.3 Å². The monoisotopic (exact) mass is 371 g/mol. The molecule has 0 aliphatic carbocycles. The molecule has 2 N–H and O–H groups in total. The van der Waals surface area contributed by atoms with Crippen LogP contribution in [0.25, 0.3) is 0 Å². The number of anilines is 1. The normalized spacial score (nSPS) is 15.9. The van der Waals surface area contributed by atoms with Crippen LogP contribution in [0.4, 0.5) is 5.69 Å². The van der Waals surface area contributed by atoms with E-state index >= 15 is 0 Å². The number of carbonyl (C=O) groups is 1. The molecule has 8 heteroatoms. The Morgan fingerprint density at radius 1 is 1.29 bits per heavy atom. The maximum absolute atomic E-state index is 12.7. The lowest BCUT2D eigenvalue weighted by atomic mass is 10.2. The van der Waals surface area contributed by atoms with Gasteiger partial charge in [-0.2, -0.15) is 4.31 Å². The maximum Gasteiger partial charge on any atom is 0.243 e. The van der Waals surface area contributed by atoms with Crippen molar-refractivity contribution in [2.45, 2.75) is 24.2 Å². The molecule has 1 fully saturated rings. The number of hydrogen-bond acceptors (Lipinski definition) is 4. The Balaban J connectivity index is 2.15. The highest BCUT2D eigenvalue weighted by molar-refractivity contribution is 7.89. The Morgan fingerprint density at radius 3 is 2.67 bits per heavy atom. The van der Waals surface area contributed by atoms with Gasteiger partial charge in [-0.3, -0.25) is 4.79 Å². The van der Waals surface area contributed by atoms with E-state index in [0.29, 0.717) is 30.3 Å². The Hall–Kier alpha value is -1.41. The van der Waals surface area contributed by atoms with Gasteiger partial charge in [0.1, 0.15) is 0 Å². The van der Waals surface area contributed by atoms with Gasteiger partial charge in [0.2, 0.25) is 15.9 Å². The quantitative estimate of drug-likeness (QED) is 0.569. The van der Waals surface area contributed by atoms with E-state index in [2.05, 4.69) is 17.2 Å². The summed E-state index contributed by atoms with van der Waals surface area (Å²) in [6.07, 6.45) is 4.43. The van der Waals surface area contributed by atoms with Gasteiger partial charge < -0.3 is 10.6 Å². The number of rotatable bonds is 7. The van der Waals surface area contributed by atoms with Gasteiger partial charge in [-0.1, -0.05) is 24.1 Å². The molecule has 24 heavy (non-hydrogen) atoms. The largest absolute Gasteiger partial charge is 0.324 e. The molecular formula is C16H22ClN3O3S. The fourth-order valence-electron chi connectivity index (χ4n) is 2.50. The van der Waals surface area contributed by atoms with Crippen molar-refractivity contribution in [2.75, 3.05) is 31.5 Å². The number of sulfonamides is 1. The summed E-state index contributed by atoms with van der Waals surface area (Å²) in [5.74, 6) is -0.300. The van der Waals surface area contributed by atoms with Crippen molar-refractivity contribution in [3.05, 3.63) is 35.9 Å². The molecule has 1 amide bonds. The predicted octanol–water partition coefficient (Wildman–Crippen LogP) is 2.23. The van der Waals surface area contributed by atoms with E-state index in [9.17, 15) is 13.2 Å². The van der Waals surface area contributed by atoms with Crippen LogP contribution >= 0.6 is 11.6 Å². The van der Waals surface area contributed by atoms with Crippen LogP contribution in [0.15, 0.2) is 35.7 Å². The van der Waals surface area contributed by atoms with Gasteiger partial charge in [-0.15, -0.1) is 6.58 Å². The molecule has 1 aromatic carbocycles. The second-order valence-electron chi connectivity index (χ2n) is 5.57. The maximum atomic E-state index is 12.7. The summed E-state index contributed by atoms with van der Waals surface area (Å²) in [5, 5.41) is 5.80. The van der Waals surface area contributed by atoms with Crippen LogP contribution in [0.3, 0.4) is 0 Å². The predicted molar refractivity (Wildman–Crippen MR) is 95.8 cm³/mol. The molecule has 0 spiro atoms. The standard InChI is InChI=1S/C16H22ClN3O3S/c1-2-8-18-12-16(21)19-15-11-13(6-7-14(15)17)24(22,23)20-9-4-3-5-10-20/h2,6-7,11,18H,1,3-5,8-10,12H2,(H,19,21). The van der Waals surface area contributed by atoms with Crippen LogP contribution in [0.1, 0.15) is 19.3 Å². The zero-order valence-corrected chi connectivity index (χ0v) is 15.0. The molecule has 132 valence electrons. The van der Waals surface area contributed by atoms with Crippen LogP contribution in [-0.4, -0.2) is 44.8 Å². The van der Waals surface area contributed by atoms with Crippen LogP contribution in [0.2, 0.25) is 5.02 Å². The van der Waals surface area contributed by atoms with Crippen LogP contribution in [-0.2, 0) is 14.8 Å². The van der Waals surface area contributed by atoms with Crippen molar-refractivity contribution in [1.82, 2.24) is 9.62 Å². The third kappa shape index (κ3) is 4.80. The first-order chi connectivity index (χ1) is 11.4. The molecule has 1 aliphatic rings. The number of amides is 1. The summed E-state index contributed by atoms with van der Waals surface area (Å²) >= 11 is 6.08. The third-order valence-corrected chi connectivity index (χ3v) is 5.96. The van der Waals surface area contributed by atoms with E-state index in [4.69, 9.17) is 11.6 Å². The first-order valence-electron chi connectivity index (χ1n) is 7.86. The summed E-state index contributed by atoms with van der Waals surface area (Å²) in [7, 11) is -3.56. The first kappa shape index (κ1) is 18.9. The van der Waals surface area contributed by atoms with Crippen molar-refractivity contribution in [3.63, 3.8) is 0 Å². The topological polar surface area (TPSA) is 78.5 Å². The SMILES string of the molecule is C=CCNCC(=O)Nc1cc(S(=O)(=O)N2CCCCC2)ccc1Cl. The number of piperidine rings is 1. The zero-order chi connectivity index (χ0) is 17.6. The van der Waals surface area contributed by atoms with Gasteiger partial charge in [0, 0.05) is 19.6 Å². The smallest absolute Gasteiger partial charge is 0.243 e. The van der Waals surface area contributed by atoms with Crippen molar-refractivity contribution in [2.24, 2.45) is 0 Å². The van der Waals surface area contributed by atoms with E-state index in [-0.39, 0.29) is 17.3 Å². The van der Waals surface area contributed by atoms with Crippen molar-refractivity contribution < 1.29 is 13.2 Å². The van der Waals surface area contributed by atoms with Gasteiger partial charge in [0.15, 0.2) is 0 Å². The second-order valence-corrected chi connectivity index (χ2v) is 7.92. The lowest BCUT2D eigenvalue weighted by Gasteiger charge is -2.26. The summed E-state index contributed by atoms with van der Waals surface area (Å²) in [4.78, 5) is 12.0. The average molecular weight is 372 g/mol. The Bertz CT molecular complexity index is 701. The Kier molecular flexibility index (Phi) is 6.79. The minimum Gasteiger partial charge on any atom is -0.324 e. The van der Waals surface area contributed by atoms with Crippen molar-refractivity contribution >= 4 is 33.2 Å². The number of nitrogens with zero attached hydrogens (tertiary/aromatic N) is 1. The number of hydrogen-bond donors (Lipinski definition) is 2. The Labute approximate surface area is 147 Å². The van der Waals surface area contributed by atoms with Gasteiger partial charge in [-0.25, -0.2) is 8.42 Å². The third-order valence-electron chi connectivity index (χ3n) is 3.74. The lowest BCUT2D eigenvalue weighted by Crippen LogP contribution is -2.35. The fourth-order valence-corrected chi connectivity index (χ4v) is 4.21. The summed E-state index contributed by atoms with van der Waals surface area (Å²) in [6.45, 7) is 5.20. The lowest BCUT2D eigenvalue weighted by molar-refractivity contribution is -0.115. The Morgan fingerprint density at radius 2 is 2.00 bits per heavy atom. The number of halogens is 1. The van der Waals surface area contributed by atoms with Gasteiger partial charge in [-0.05, 0) is 31.0 Å². The van der Waals surface area contributed by atoms with E-state index in [1.165, 1.54) is 22.5 Å². The highest BCUT2D eigenvalue weighted by Crippen LogP contribution is 2.28. The van der Waals surface area contributed by atoms with E-state index in [1.54, 1.807) is 6.08 Å². The van der Waals surface area contributed by atoms with Crippen LogP contribution in [0, 0.1) is 0 Å². The number of carbonyl (C=O) groups excluding carboxylic acids is 1. The fraction of sp³-hybridized carbons (Fsp3) is 0.438. The molecule has 1 saturated heterocycles. The number of nitrogens with one attached hydrogen (secondary N) is 2. The van der Waals surface area contributed by atoms with Gasteiger partial charge in [0.05, 0.1) is 22.2 Å². The minimum absolute atomic E-state index is 0.0887. The molecule has 0 unspecified atom stereocenters. The van der Waals surface area contributed by atoms with Crippen molar-refractivity contribution in [1.29, 1.82) is 0 Å². The average Bonchev–Trinajstić information content (AvgIpc) is 2.58. The number of benzene rings is 1. The molecule has 0 atom stereocenters. The minimum atomic E-state index is -3.56. The molecule has 2 rings (SSSR count). The summed E-state index contributed by atoms with van der Waals surface area (Å²) < 4.78 is 26.9. The molecule has 1 aliphatic heterocycles. The van der Waals surface area contributed by atoms with Gasteiger partial charge >= 0.3 is 0 Å². The molecule has 1 heterocycles. The van der Waals surface area contributed by atoms with E-state index < -0.39 is 10.0 Å². The molecule has 1 aromatic rings. The molecule has 0 aromatic heterocycles. The summed E-state index contributed by atoms with van der Waals surface area (Å²) in [6, 6.07) is 4.38. The first-order valence-corrected chi connectivity index (χ1v) is 9.68. The van der Waals surface area contributed by atoms with E-state index in [1.807, 2.05) is 0 Å². The van der Waals surface area contributed by atoms with Crippen LogP contribution < -0.4 is 10.6 Å². The van der Waals surface area contributed by atoms with Gasteiger partial charge in [0.25, 0.3) is 0 Å². The van der Waals surface area contributed by atoms with Crippen molar-refractivity contribution in [3.8, 4) is 0 Å². The van der Waals surface area contributed by atoms with Crippen LogP contribution in [0.5, 0.6) is 0 Å². The zero-order valence-electron chi connectivity index (χ0n) is 13.4. The highest BCUT2D eigenvalue weighted by Gasteiger charge is 2.26. The molecule has 0 bridgehead atoms. The summed E-state index contributed by atoms with van der Waals surface area (Å²) in [5.41, 5.74) is 0.292.